The minimum atomic E-state index is 0.0350. The van der Waals surface area contributed by atoms with E-state index in [9.17, 15) is 9.59 Å². The zero-order valence-electron chi connectivity index (χ0n) is 10.1. The lowest BCUT2D eigenvalue weighted by atomic mass is 10.3. The van der Waals surface area contributed by atoms with Crippen molar-refractivity contribution >= 4 is 17.2 Å². The molecule has 0 aliphatic heterocycles. The van der Waals surface area contributed by atoms with E-state index in [-0.39, 0.29) is 10.8 Å². The van der Waals surface area contributed by atoms with Gasteiger partial charge >= 0.3 is 4.87 Å². The Morgan fingerprint density at radius 2 is 2.41 bits per heavy atom. The quantitative estimate of drug-likeness (QED) is 0.594. The van der Waals surface area contributed by atoms with Crippen LogP contribution in [0.5, 0.6) is 0 Å². The van der Waals surface area contributed by atoms with Gasteiger partial charge in [-0.2, -0.15) is 0 Å². The lowest BCUT2D eigenvalue weighted by Gasteiger charge is -2.05. The molecule has 1 amide bonds. The van der Waals surface area contributed by atoms with Crippen molar-refractivity contribution in [3.63, 3.8) is 0 Å². The third-order valence-corrected chi connectivity index (χ3v) is 3.31. The fourth-order valence-corrected chi connectivity index (χ4v) is 2.24. The number of carbonyl (C=O) groups is 1. The van der Waals surface area contributed by atoms with Crippen LogP contribution in [-0.2, 0) is 11.3 Å². The van der Waals surface area contributed by atoms with Crippen molar-refractivity contribution < 1.29 is 4.79 Å². The van der Waals surface area contributed by atoms with Crippen LogP contribution in [0.25, 0.3) is 0 Å². The standard InChI is InChI=1S/C12H18N2O2S/c1-3-4-7-13-11(15)6-5-8-14-10(2)9-17-12(14)16/h3,9H,1,4-8H2,2H3,(H,13,15). The summed E-state index contributed by atoms with van der Waals surface area (Å²) in [6.45, 7) is 6.74. The first-order valence-electron chi connectivity index (χ1n) is 5.67. The number of hydrogen-bond acceptors (Lipinski definition) is 3. The third-order valence-electron chi connectivity index (χ3n) is 2.43. The zero-order chi connectivity index (χ0) is 12.7. The van der Waals surface area contributed by atoms with Gasteiger partial charge in [0.05, 0.1) is 0 Å². The maximum absolute atomic E-state index is 11.4. The summed E-state index contributed by atoms with van der Waals surface area (Å²) in [5, 5.41) is 4.64. The van der Waals surface area contributed by atoms with Gasteiger partial charge in [0, 0.05) is 30.6 Å². The third kappa shape index (κ3) is 4.56. The number of thiazole rings is 1. The lowest BCUT2D eigenvalue weighted by Crippen LogP contribution is -2.24. The first kappa shape index (κ1) is 13.7. The van der Waals surface area contributed by atoms with E-state index in [1.165, 1.54) is 11.3 Å². The molecule has 0 spiro atoms. The highest BCUT2D eigenvalue weighted by atomic mass is 32.1. The summed E-state index contributed by atoms with van der Waals surface area (Å²) in [6.07, 6.45) is 3.71. The Morgan fingerprint density at radius 1 is 1.65 bits per heavy atom. The van der Waals surface area contributed by atoms with E-state index in [0.717, 1.165) is 12.1 Å². The fraction of sp³-hybridized carbons (Fsp3) is 0.500. The normalized spacial score (nSPS) is 10.2. The number of carbonyl (C=O) groups excluding carboxylic acids is 1. The number of nitrogens with one attached hydrogen (secondary N) is 1. The Bertz CT molecular complexity index is 434. The van der Waals surface area contributed by atoms with Gasteiger partial charge in [0.1, 0.15) is 0 Å². The van der Waals surface area contributed by atoms with Gasteiger partial charge in [0.15, 0.2) is 0 Å². The van der Waals surface area contributed by atoms with Crippen molar-refractivity contribution in [1.82, 2.24) is 9.88 Å². The molecule has 17 heavy (non-hydrogen) atoms. The molecule has 5 heteroatoms. The van der Waals surface area contributed by atoms with Crippen molar-refractivity contribution in [1.29, 1.82) is 0 Å². The van der Waals surface area contributed by atoms with Gasteiger partial charge in [-0.1, -0.05) is 17.4 Å². The number of rotatable bonds is 7. The van der Waals surface area contributed by atoms with Crippen LogP contribution in [0.15, 0.2) is 22.8 Å². The van der Waals surface area contributed by atoms with E-state index in [1.807, 2.05) is 12.3 Å². The van der Waals surface area contributed by atoms with Crippen LogP contribution < -0.4 is 10.2 Å². The maximum atomic E-state index is 11.4. The summed E-state index contributed by atoms with van der Waals surface area (Å²) >= 11 is 1.20. The molecule has 1 aromatic rings. The van der Waals surface area contributed by atoms with Crippen LogP contribution in [-0.4, -0.2) is 17.0 Å². The molecule has 0 radical (unpaired) electrons. The predicted molar refractivity (Wildman–Crippen MR) is 70.4 cm³/mol. The Morgan fingerprint density at radius 3 is 3.00 bits per heavy atom. The van der Waals surface area contributed by atoms with Crippen LogP contribution in [0.2, 0.25) is 0 Å². The number of nitrogens with zero attached hydrogens (tertiary/aromatic N) is 1. The van der Waals surface area contributed by atoms with E-state index in [0.29, 0.717) is 25.9 Å². The minimum absolute atomic E-state index is 0.0350. The van der Waals surface area contributed by atoms with Crippen LogP contribution in [0, 0.1) is 6.92 Å². The largest absolute Gasteiger partial charge is 0.356 e. The van der Waals surface area contributed by atoms with Crippen molar-refractivity contribution in [2.75, 3.05) is 6.54 Å². The molecule has 0 aromatic carbocycles. The zero-order valence-corrected chi connectivity index (χ0v) is 10.9. The first-order valence-corrected chi connectivity index (χ1v) is 6.55. The first-order chi connectivity index (χ1) is 8.15. The van der Waals surface area contributed by atoms with Crippen molar-refractivity contribution in [3.8, 4) is 0 Å². The topological polar surface area (TPSA) is 51.1 Å². The van der Waals surface area contributed by atoms with E-state index in [2.05, 4.69) is 11.9 Å². The molecule has 4 nitrogen and oxygen atoms in total. The molecule has 0 saturated heterocycles. The second-order valence-corrected chi connectivity index (χ2v) is 4.65. The van der Waals surface area contributed by atoms with Crippen LogP contribution in [0.4, 0.5) is 0 Å². The maximum Gasteiger partial charge on any atom is 0.307 e. The van der Waals surface area contributed by atoms with Crippen molar-refractivity contribution in [3.05, 3.63) is 33.4 Å². The highest BCUT2D eigenvalue weighted by molar-refractivity contribution is 7.07. The molecule has 0 bridgehead atoms. The van der Waals surface area contributed by atoms with E-state index < -0.39 is 0 Å². The summed E-state index contributed by atoms with van der Waals surface area (Å²) in [5.74, 6) is 0.0350. The van der Waals surface area contributed by atoms with Crippen LogP contribution in [0.1, 0.15) is 25.0 Å². The van der Waals surface area contributed by atoms with E-state index in [1.54, 1.807) is 10.6 Å². The summed E-state index contributed by atoms with van der Waals surface area (Å²) < 4.78 is 1.71. The average Bonchev–Trinajstić information content (AvgIpc) is 2.61. The SMILES string of the molecule is C=CCCNC(=O)CCCn1c(C)csc1=O. The Kier molecular flexibility index (Phi) is 5.69. The summed E-state index contributed by atoms with van der Waals surface area (Å²) in [6, 6.07) is 0. The summed E-state index contributed by atoms with van der Waals surface area (Å²) in [4.78, 5) is 22.8. The van der Waals surface area contributed by atoms with Gasteiger partial charge < -0.3 is 9.88 Å². The summed E-state index contributed by atoms with van der Waals surface area (Å²) in [5.41, 5.74) is 0.965. The van der Waals surface area contributed by atoms with Gasteiger partial charge in [-0.3, -0.25) is 9.59 Å². The predicted octanol–water partition coefficient (Wildman–Crippen LogP) is 1.69. The average molecular weight is 254 g/mol. The molecule has 0 atom stereocenters. The van der Waals surface area contributed by atoms with E-state index >= 15 is 0 Å². The molecule has 0 saturated carbocycles. The molecule has 1 N–H and O–H groups in total. The Balaban J connectivity index is 2.26. The molecule has 1 aromatic heterocycles. The van der Waals surface area contributed by atoms with Gasteiger partial charge in [0.2, 0.25) is 5.91 Å². The second kappa shape index (κ2) is 7.06. The highest BCUT2D eigenvalue weighted by Crippen LogP contribution is 2.02. The fourth-order valence-electron chi connectivity index (χ4n) is 1.47. The van der Waals surface area contributed by atoms with Gasteiger partial charge in [-0.15, -0.1) is 6.58 Å². The Labute approximate surface area is 105 Å². The van der Waals surface area contributed by atoms with Crippen LogP contribution in [0.3, 0.4) is 0 Å². The minimum Gasteiger partial charge on any atom is -0.356 e. The molecular weight excluding hydrogens is 236 g/mol. The Hall–Kier alpha value is -1.36. The monoisotopic (exact) mass is 254 g/mol. The van der Waals surface area contributed by atoms with Gasteiger partial charge in [0.25, 0.3) is 0 Å². The summed E-state index contributed by atoms with van der Waals surface area (Å²) in [7, 11) is 0. The number of amides is 1. The molecule has 0 aliphatic carbocycles. The second-order valence-electron chi connectivity index (χ2n) is 3.83. The van der Waals surface area contributed by atoms with Crippen molar-refractivity contribution in [2.24, 2.45) is 0 Å². The van der Waals surface area contributed by atoms with Crippen LogP contribution >= 0.6 is 11.3 Å². The number of aryl methyl sites for hydroxylation is 1. The molecule has 0 unspecified atom stereocenters. The lowest BCUT2D eigenvalue weighted by molar-refractivity contribution is -0.121. The van der Waals surface area contributed by atoms with Crippen molar-refractivity contribution in [2.45, 2.75) is 32.7 Å². The van der Waals surface area contributed by atoms with Gasteiger partial charge in [-0.25, -0.2) is 0 Å². The van der Waals surface area contributed by atoms with Gasteiger partial charge in [-0.05, 0) is 19.8 Å². The van der Waals surface area contributed by atoms with E-state index in [4.69, 9.17) is 0 Å². The molecule has 1 rings (SSSR count). The molecule has 0 fully saturated rings. The smallest absolute Gasteiger partial charge is 0.307 e. The highest BCUT2D eigenvalue weighted by Gasteiger charge is 2.04. The number of aromatic nitrogens is 1. The number of hydrogen-bond donors (Lipinski definition) is 1. The molecule has 94 valence electrons. The molecule has 1 heterocycles. The molecule has 0 aliphatic rings. The molecular formula is C12H18N2O2S.